The average Bonchev–Trinajstić information content (AvgIpc) is 3.43. The Labute approximate surface area is 260 Å². The first-order valence-electron chi connectivity index (χ1n) is 15.6. The molecule has 6 N–H and O–H groups in total. The van der Waals surface area contributed by atoms with Crippen LogP contribution in [0.2, 0.25) is 0 Å². The molecule has 0 bridgehead atoms. The van der Waals surface area contributed by atoms with Crippen LogP contribution in [0.5, 0.6) is 0 Å². The third-order valence-corrected chi connectivity index (χ3v) is 12.7. The lowest BCUT2D eigenvalue weighted by Gasteiger charge is -2.58. The molecule has 6 rings (SSSR count). The lowest BCUT2D eigenvalue weighted by molar-refractivity contribution is -0.164. The molecule has 1 aromatic heterocycles. The topological polar surface area (TPSA) is 221 Å². The number of aliphatic hydroxyl groups is 3. The first-order chi connectivity index (χ1) is 21.1. The maximum Gasteiger partial charge on any atom is 0.472 e. The van der Waals surface area contributed by atoms with E-state index in [0.717, 1.165) is 30.3 Å². The molecule has 14 nitrogen and oxygen atoms in total. The molecule has 0 aromatic carbocycles. The number of nitrogens with two attached hydrogens (primary N) is 1. The number of rotatable bonds is 8. The highest BCUT2D eigenvalue weighted by Crippen LogP contribution is 2.67. The van der Waals surface area contributed by atoms with Crippen LogP contribution in [0.25, 0.3) is 0 Å². The Morgan fingerprint density at radius 2 is 1.84 bits per heavy atom. The summed E-state index contributed by atoms with van der Waals surface area (Å²) in [7, 11) is -4.87. The number of nitrogen functional groups attached to an aromatic ring is 1. The Bertz CT molecular complexity index is 1520. The van der Waals surface area contributed by atoms with Gasteiger partial charge in [-0.05, 0) is 80.3 Å². The van der Waals surface area contributed by atoms with Gasteiger partial charge in [0.05, 0.1) is 6.61 Å². The van der Waals surface area contributed by atoms with Crippen molar-refractivity contribution < 1.29 is 48.2 Å². The minimum Gasteiger partial charge on any atom is -0.387 e. The second-order valence-electron chi connectivity index (χ2n) is 13.9. The van der Waals surface area contributed by atoms with Gasteiger partial charge in [0.15, 0.2) is 17.8 Å². The van der Waals surface area contributed by atoms with Gasteiger partial charge in [-0.1, -0.05) is 19.4 Å². The zero-order valence-corrected chi connectivity index (χ0v) is 26.3. The SMILES string of the molecule is C[C@]12CCC(=O)C=C1CC[C@@H]1[C@@H]2CC[C@@]2(C)[C@H]1CC[C@]2(O)C(=O)COP(=O)(O)OC[C@H]1O[C@@H](n2ccc(N)nc2=O)[C@@H](O)[C@@H]1O. The Balaban J connectivity index is 1.07. The van der Waals surface area contributed by atoms with Gasteiger partial charge in [0.25, 0.3) is 0 Å². The van der Waals surface area contributed by atoms with Gasteiger partial charge < -0.3 is 30.7 Å². The summed E-state index contributed by atoms with van der Waals surface area (Å²) in [5.41, 5.74) is 3.35. The van der Waals surface area contributed by atoms with Crippen LogP contribution in [0.1, 0.15) is 71.4 Å². The smallest absolute Gasteiger partial charge is 0.387 e. The van der Waals surface area contributed by atoms with E-state index in [-0.39, 0.29) is 29.4 Å². The fourth-order valence-corrected chi connectivity index (χ4v) is 9.90. The highest BCUT2D eigenvalue weighted by molar-refractivity contribution is 7.47. The van der Waals surface area contributed by atoms with Crippen LogP contribution in [-0.2, 0) is 27.9 Å². The largest absolute Gasteiger partial charge is 0.472 e. The lowest BCUT2D eigenvalue weighted by atomic mass is 9.46. The molecule has 15 heteroatoms. The van der Waals surface area contributed by atoms with E-state index in [1.54, 1.807) is 0 Å². The van der Waals surface area contributed by atoms with Crippen molar-refractivity contribution in [2.24, 2.45) is 28.6 Å². The number of phosphoric ester groups is 1. The van der Waals surface area contributed by atoms with Crippen molar-refractivity contribution in [1.29, 1.82) is 0 Å². The van der Waals surface area contributed by atoms with Crippen LogP contribution in [0.15, 0.2) is 28.7 Å². The number of carbonyl (C=O) groups excluding carboxylic acids is 2. The van der Waals surface area contributed by atoms with Gasteiger partial charge >= 0.3 is 13.5 Å². The normalized spacial score (nSPS) is 42.3. The number of hydrogen-bond donors (Lipinski definition) is 5. The molecule has 0 spiro atoms. The van der Waals surface area contributed by atoms with Gasteiger partial charge in [0, 0.05) is 18.0 Å². The summed E-state index contributed by atoms with van der Waals surface area (Å²) in [5, 5.41) is 32.7. The molecule has 4 aliphatic carbocycles. The highest BCUT2D eigenvalue weighted by Gasteiger charge is 2.66. The van der Waals surface area contributed by atoms with Gasteiger partial charge in [-0.2, -0.15) is 4.98 Å². The maximum atomic E-state index is 13.5. The number of carbonyl (C=O) groups is 2. The van der Waals surface area contributed by atoms with Crippen LogP contribution in [-0.4, -0.2) is 78.5 Å². The minimum absolute atomic E-state index is 0.0471. The van der Waals surface area contributed by atoms with Crippen LogP contribution >= 0.6 is 7.82 Å². The summed E-state index contributed by atoms with van der Waals surface area (Å²) in [6, 6.07) is 1.30. The van der Waals surface area contributed by atoms with Crippen LogP contribution in [0, 0.1) is 28.6 Å². The Morgan fingerprint density at radius 3 is 2.58 bits per heavy atom. The van der Waals surface area contributed by atoms with E-state index in [4.69, 9.17) is 19.5 Å². The number of allylic oxidation sites excluding steroid dienone is 1. The molecule has 1 unspecified atom stereocenters. The van der Waals surface area contributed by atoms with Gasteiger partial charge in [0.2, 0.25) is 0 Å². The third kappa shape index (κ3) is 5.37. The zero-order chi connectivity index (χ0) is 32.5. The van der Waals surface area contributed by atoms with E-state index < -0.39 is 68.1 Å². The number of ether oxygens (including phenoxy) is 1. The molecule has 2 heterocycles. The van der Waals surface area contributed by atoms with Gasteiger partial charge in [-0.3, -0.25) is 23.2 Å². The maximum absolute atomic E-state index is 13.5. The Hall–Kier alpha value is -2.29. The molecule has 0 radical (unpaired) electrons. The van der Waals surface area contributed by atoms with Gasteiger partial charge in [0.1, 0.15) is 36.3 Å². The number of aromatic nitrogens is 2. The quantitative estimate of drug-likeness (QED) is 0.251. The molecule has 11 atom stereocenters. The molecule has 4 fully saturated rings. The molecule has 1 aliphatic heterocycles. The summed E-state index contributed by atoms with van der Waals surface area (Å²) < 4.78 is 29.2. The van der Waals surface area contributed by atoms with Gasteiger partial charge in [-0.15, -0.1) is 0 Å². The number of nitrogens with zero attached hydrogens (tertiary/aromatic N) is 2. The van der Waals surface area contributed by atoms with E-state index >= 15 is 0 Å². The number of anilines is 1. The number of phosphoric acid groups is 1. The van der Waals surface area contributed by atoms with E-state index in [1.807, 2.05) is 13.0 Å². The standard InChI is InChI=1S/C30H42N3O11P/c1-28-9-5-17(34)13-16(28)3-4-18-19(28)6-10-29(2)20(18)7-11-30(29,39)22(35)15-43-45(40,41)42-14-21-24(36)25(37)26(44-21)33-12-8-23(31)32-27(33)38/h8,12-13,18-21,24-26,36-37,39H,3-7,9-11,14-15H2,1-2H3,(H,40,41)(H2,31,32,38)/t18-,19+,20+,21-,24-,25+,26-,28+,29+,30+/m1/s1. The first-order valence-corrected chi connectivity index (χ1v) is 17.1. The summed E-state index contributed by atoms with van der Waals surface area (Å²) in [4.78, 5) is 51.7. The second kappa shape index (κ2) is 11.4. The number of aliphatic hydroxyl groups excluding tert-OH is 2. The Morgan fingerprint density at radius 1 is 1.11 bits per heavy atom. The van der Waals surface area contributed by atoms with Crippen molar-refractivity contribution in [2.45, 2.75) is 95.4 Å². The average molecular weight is 652 g/mol. The van der Waals surface area contributed by atoms with Crippen LogP contribution in [0.3, 0.4) is 0 Å². The molecule has 1 saturated heterocycles. The summed E-state index contributed by atoms with van der Waals surface area (Å²) in [5.74, 6) is 0.193. The van der Waals surface area contributed by atoms with Crippen molar-refractivity contribution in [3.05, 3.63) is 34.4 Å². The van der Waals surface area contributed by atoms with Crippen molar-refractivity contribution in [3.63, 3.8) is 0 Å². The Kier molecular flexibility index (Phi) is 8.30. The molecule has 248 valence electrons. The summed E-state index contributed by atoms with van der Waals surface area (Å²) in [6.07, 6.45) is 2.60. The molecule has 3 saturated carbocycles. The van der Waals surface area contributed by atoms with E-state index in [0.29, 0.717) is 31.1 Å². The number of hydrogen-bond acceptors (Lipinski definition) is 12. The molecule has 0 amide bonds. The van der Waals surface area contributed by atoms with Crippen molar-refractivity contribution in [2.75, 3.05) is 18.9 Å². The second-order valence-corrected chi connectivity index (χ2v) is 15.3. The minimum atomic E-state index is -4.87. The third-order valence-electron chi connectivity index (χ3n) is 11.8. The molecular weight excluding hydrogens is 609 g/mol. The number of Topliss-reactive ketones (excluding diaryl/α,β-unsaturated/α-hetero) is 1. The lowest BCUT2D eigenvalue weighted by Crippen LogP contribution is -2.58. The van der Waals surface area contributed by atoms with Crippen molar-refractivity contribution in [1.82, 2.24) is 9.55 Å². The summed E-state index contributed by atoms with van der Waals surface area (Å²) >= 11 is 0. The van der Waals surface area contributed by atoms with Gasteiger partial charge in [-0.25, -0.2) is 9.36 Å². The highest BCUT2D eigenvalue weighted by atomic mass is 31.2. The predicted octanol–water partition coefficient (Wildman–Crippen LogP) is 1.41. The van der Waals surface area contributed by atoms with Crippen LogP contribution < -0.4 is 11.4 Å². The van der Waals surface area contributed by atoms with E-state index in [2.05, 4.69) is 11.9 Å². The first kappa shape index (κ1) is 32.6. The number of fused-ring (bicyclic) bond motifs is 5. The monoisotopic (exact) mass is 651 g/mol. The van der Waals surface area contributed by atoms with Crippen molar-refractivity contribution in [3.8, 4) is 0 Å². The van der Waals surface area contributed by atoms with Crippen LogP contribution in [0.4, 0.5) is 5.82 Å². The fraction of sp³-hybridized carbons (Fsp3) is 0.733. The molecular formula is C30H42N3O11P. The van der Waals surface area contributed by atoms with E-state index in [1.165, 1.54) is 17.8 Å². The zero-order valence-electron chi connectivity index (χ0n) is 25.4. The summed E-state index contributed by atoms with van der Waals surface area (Å²) in [6.45, 7) is 2.63. The fourth-order valence-electron chi connectivity index (χ4n) is 9.21. The number of ketones is 2. The van der Waals surface area contributed by atoms with Crippen molar-refractivity contribution >= 4 is 25.2 Å². The molecule has 1 aromatic rings. The van der Waals surface area contributed by atoms with E-state index in [9.17, 15) is 39.2 Å². The molecule has 5 aliphatic rings. The predicted molar refractivity (Wildman–Crippen MR) is 157 cm³/mol. The molecule has 45 heavy (non-hydrogen) atoms.